The molecule has 1 aliphatic rings. The van der Waals surface area contributed by atoms with E-state index >= 15 is 0 Å². The largest absolute Gasteiger partial charge is 0.396 e. The van der Waals surface area contributed by atoms with Gasteiger partial charge < -0.3 is 10.2 Å². The second-order valence-corrected chi connectivity index (χ2v) is 9.40. The maximum Gasteiger partial charge on any atom is 0.0431 e. The third-order valence-electron chi connectivity index (χ3n) is 7.58. The van der Waals surface area contributed by atoms with Crippen molar-refractivity contribution >= 4 is 0 Å². The summed E-state index contributed by atoms with van der Waals surface area (Å²) in [6.07, 6.45) is 24.9. The summed E-state index contributed by atoms with van der Waals surface area (Å²) >= 11 is 0. The van der Waals surface area contributed by atoms with Crippen molar-refractivity contribution in [2.75, 3.05) is 13.2 Å². The monoisotopic (exact) mass is 382 g/mol. The number of aliphatic hydroxyl groups is 2. The minimum Gasteiger partial charge on any atom is -0.396 e. The number of aliphatic hydroxyl groups excluding tert-OH is 2. The average molecular weight is 383 g/mol. The molecule has 0 aliphatic heterocycles. The van der Waals surface area contributed by atoms with Crippen molar-refractivity contribution in [3.8, 4) is 0 Å². The first kappa shape index (κ1) is 25.0. The lowest BCUT2D eigenvalue weighted by atomic mass is 9.53. The lowest BCUT2D eigenvalue weighted by Gasteiger charge is -2.52. The summed E-state index contributed by atoms with van der Waals surface area (Å²) in [6, 6.07) is 0. The van der Waals surface area contributed by atoms with Gasteiger partial charge in [0.2, 0.25) is 0 Å². The molecule has 0 unspecified atom stereocenters. The summed E-state index contributed by atoms with van der Waals surface area (Å²) in [6.45, 7) is 5.33. The molecular weight excluding hydrogens is 332 g/mol. The van der Waals surface area contributed by atoms with Gasteiger partial charge in [-0.05, 0) is 62.2 Å². The molecule has 27 heavy (non-hydrogen) atoms. The smallest absolute Gasteiger partial charge is 0.0431 e. The molecule has 0 atom stereocenters. The zero-order chi connectivity index (χ0) is 19.8. The summed E-state index contributed by atoms with van der Waals surface area (Å²) in [7, 11) is 0. The Morgan fingerprint density at radius 2 is 0.889 bits per heavy atom. The van der Waals surface area contributed by atoms with Crippen molar-refractivity contribution in [3.05, 3.63) is 0 Å². The predicted molar refractivity (Wildman–Crippen MR) is 118 cm³/mol. The third-order valence-corrected chi connectivity index (χ3v) is 7.58. The maximum absolute atomic E-state index is 9.39. The Bertz CT molecular complexity index is 287. The number of unbranched alkanes of at least 4 members (excludes halogenated alkanes) is 6. The SMILES string of the molecule is CCCCCC1(CCCCC)CCCCCC1(CCCCO)CCCCO. The van der Waals surface area contributed by atoms with Gasteiger partial charge in [-0.3, -0.25) is 0 Å². The molecular formula is C25H50O2. The average Bonchev–Trinajstić information content (AvgIpc) is 2.83. The molecule has 1 fully saturated rings. The van der Waals surface area contributed by atoms with Crippen LogP contribution in [0.3, 0.4) is 0 Å². The van der Waals surface area contributed by atoms with Gasteiger partial charge in [-0.2, -0.15) is 0 Å². The van der Waals surface area contributed by atoms with E-state index in [9.17, 15) is 10.2 Å². The molecule has 0 spiro atoms. The van der Waals surface area contributed by atoms with Crippen molar-refractivity contribution in [1.82, 2.24) is 0 Å². The van der Waals surface area contributed by atoms with Crippen molar-refractivity contribution in [2.45, 2.75) is 136 Å². The van der Waals surface area contributed by atoms with E-state index in [1.54, 1.807) is 0 Å². The van der Waals surface area contributed by atoms with E-state index in [1.807, 2.05) is 0 Å². The zero-order valence-electron chi connectivity index (χ0n) is 18.7. The summed E-state index contributed by atoms with van der Waals surface area (Å²) in [5, 5.41) is 18.8. The fraction of sp³-hybridized carbons (Fsp3) is 1.00. The van der Waals surface area contributed by atoms with E-state index in [0.29, 0.717) is 24.0 Å². The molecule has 0 heterocycles. The Morgan fingerprint density at radius 3 is 1.22 bits per heavy atom. The zero-order valence-corrected chi connectivity index (χ0v) is 18.7. The Hall–Kier alpha value is -0.0800. The molecule has 0 aromatic heterocycles. The van der Waals surface area contributed by atoms with Crippen LogP contribution >= 0.6 is 0 Å². The fourth-order valence-corrected chi connectivity index (χ4v) is 6.02. The first-order chi connectivity index (χ1) is 13.2. The molecule has 0 bridgehead atoms. The molecule has 1 rings (SSSR count). The van der Waals surface area contributed by atoms with Crippen LogP contribution in [0.5, 0.6) is 0 Å². The standard InChI is InChI=1S/C25H50O2/c1-3-5-8-16-24(17-9-6-4-2)18-10-7-11-19-25(24,20-12-14-22-26)21-13-15-23-27/h26-27H,3-23H2,1-2H3. The van der Waals surface area contributed by atoms with Crippen LogP contribution in [0, 0.1) is 10.8 Å². The molecule has 0 saturated heterocycles. The minimum atomic E-state index is 0.339. The molecule has 0 amide bonds. The van der Waals surface area contributed by atoms with E-state index in [2.05, 4.69) is 13.8 Å². The van der Waals surface area contributed by atoms with Gasteiger partial charge in [-0.15, -0.1) is 0 Å². The van der Waals surface area contributed by atoms with Crippen molar-refractivity contribution in [2.24, 2.45) is 10.8 Å². The van der Waals surface area contributed by atoms with Gasteiger partial charge in [-0.25, -0.2) is 0 Å². The highest BCUT2D eigenvalue weighted by Gasteiger charge is 2.49. The molecule has 0 radical (unpaired) electrons. The summed E-state index contributed by atoms with van der Waals surface area (Å²) in [5.41, 5.74) is 0.966. The van der Waals surface area contributed by atoms with Gasteiger partial charge in [0, 0.05) is 13.2 Å². The highest BCUT2D eigenvalue weighted by atomic mass is 16.3. The lowest BCUT2D eigenvalue weighted by Crippen LogP contribution is -2.42. The van der Waals surface area contributed by atoms with Crippen molar-refractivity contribution < 1.29 is 10.2 Å². The van der Waals surface area contributed by atoms with Crippen molar-refractivity contribution in [3.63, 3.8) is 0 Å². The van der Waals surface area contributed by atoms with Crippen LogP contribution in [-0.4, -0.2) is 23.4 Å². The third kappa shape index (κ3) is 8.05. The fourth-order valence-electron chi connectivity index (χ4n) is 6.02. The van der Waals surface area contributed by atoms with Crippen LogP contribution in [-0.2, 0) is 0 Å². The first-order valence-electron chi connectivity index (χ1n) is 12.4. The Kier molecular flexibility index (Phi) is 13.7. The van der Waals surface area contributed by atoms with Crippen molar-refractivity contribution in [1.29, 1.82) is 0 Å². The number of rotatable bonds is 16. The summed E-state index contributed by atoms with van der Waals surface area (Å²) in [5.74, 6) is 0. The molecule has 2 N–H and O–H groups in total. The van der Waals surface area contributed by atoms with Gasteiger partial charge in [0.15, 0.2) is 0 Å². The van der Waals surface area contributed by atoms with Crippen LogP contribution < -0.4 is 0 Å². The highest BCUT2D eigenvalue weighted by Crippen LogP contribution is 2.60. The number of hydrogen-bond donors (Lipinski definition) is 2. The minimum absolute atomic E-state index is 0.339. The van der Waals surface area contributed by atoms with E-state index < -0.39 is 0 Å². The summed E-state index contributed by atoms with van der Waals surface area (Å²) < 4.78 is 0. The second kappa shape index (κ2) is 14.9. The Labute approximate surface area is 170 Å². The topological polar surface area (TPSA) is 40.5 Å². The van der Waals surface area contributed by atoms with E-state index in [0.717, 1.165) is 12.8 Å². The van der Waals surface area contributed by atoms with Gasteiger partial charge in [-0.1, -0.05) is 84.5 Å². The number of hydrogen-bond acceptors (Lipinski definition) is 2. The molecule has 0 aromatic rings. The normalized spacial score (nSPS) is 19.1. The second-order valence-electron chi connectivity index (χ2n) is 9.40. The molecule has 2 heteroatoms. The van der Waals surface area contributed by atoms with Crippen LogP contribution in [0.15, 0.2) is 0 Å². The van der Waals surface area contributed by atoms with Gasteiger partial charge in [0.25, 0.3) is 0 Å². The molecule has 1 saturated carbocycles. The quantitative estimate of drug-likeness (QED) is 0.215. The van der Waals surface area contributed by atoms with Crippen LogP contribution in [0.2, 0.25) is 0 Å². The Balaban J connectivity index is 3.11. The van der Waals surface area contributed by atoms with E-state index in [-0.39, 0.29) is 0 Å². The maximum atomic E-state index is 9.39. The van der Waals surface area contributed by atoms with Crippen LogP contribution in [0.25, 0.3) is 0 Å². The lowest BCUT2D eigenvalue weighted by molar-refractivity contribution is -0.0206. The highest BCUT2D eigenvalue weighted by molar-refractivity contribution is 4.99. The Morgan fingerprint density at radius 1 is 0.519 bits per heavy atom. The van der Waals surface area contributed by atoms with Gasteiger partial charge >= 0.3 is 0 Å². The van der Waals surface area contributed by atoms with Crippen LogP contribution in [0.4, 0.5) is 0 Å². The van der Waals surface area contributed by atoms with Gasteiger partial charge in [0.05, 0.1) is 0 Å². The molecule has 162 valence electrons. The van der Waals surface area contributed by atoms with E-state index in [4.69, 9.17) is 0 Å². The molecule has 1 aliphatic carbocycles. The van der Waals surface area contributed by atoms with E-state index in [1.165, 1.54) is 109 Å². The first-order valence-corrected chi connectivity index (χ1v) is 12.4. The van der Waals surface area contributed by atoms with Gasteiger partial charge in [0.1, 0.15) is 0 Å². The summed E-state index contributed by atoms with van der Waals surface area (Å²) in [4.78, 5) is 0. The molecule has 2 nitrogen and oxygen atoms in total. The van der Waals surface area contributed by atoms with Crippen LogP contribution in [0.1, 0.15) is 136 Å². The molecule has 0 aromatic carbocycles. The predicted octanol–water partition coefficient (Wildman–Crippen LogP) is 7.41.